The van der Waals surface area contributed by atoms with Crippen LogP contribution in [0.1, 0.15) is 12.0 Å². The van der Waals surface area contributed by atoms with Crippen LogP contribution < -0.4 is 0 Å². The van der Waals surface area contributed by atoms with Crippen LogP contribution in [0.15, 0.2) is 30.3 Å². The summed E-state index contributed by atoms with van der Waals surface area (Å²) in [7, 11) is 0. The molecule has 0 saturated carbocycles. The molecule has 1 aliphatic heterocycles. The SMILES string of the molecule is BrCCN1CCC(COCc2ccccc2)C1. The molecule has 1 atom stereocenters. The molecule has 17 heavy (non-hydrogen) atoms. The first-order chi connectivity index (χ1) is 8.38. The maximum Gasteiger partial charge on any atom is 0.0717 e. The summed E-state index contributed by atoms with van der Waals surface area (Å²) in [6.45, 7) is 5.23. The van der Waals surface area contributed by atoms with Crippen LogP contribution >= 0.6 is 15.9 Å². The maximum absolute atomic E-state index is 5.79. The third-order valence-electron chi connectivity index (χ3n) is 3.24. The molecule has 94 valence electrons. The third kappa shape index (κ3) is 4.41. The fourth-order valence-corrected chi connectivity index (χ4v) is 2.79. The van der Waals surface area contributed by atoms with Crippen molar-refractivity contribution in [3.8, 4) is 0 Å². The molecule has 1 fully saturated rings. The van der Waals surface area contributed by atoms with Gasteiger partial charge in [-0.05, 0) is 24.4 Å². The van der Waals surface area contributed by atoms with Gasteiger partial charge < -0.3 is 9.64 Å². The van der Waals surface area contributed by atoms with Gasteiger partial charge >= 0.3 is 0 Å². The minimum atomic E-state index is 0.720. The molecule has 1 aromatic carbocycles. The number of rotatable bonds is 6. The van der Waals surface area contributed by atoms with E-state index in [1.54, 1.807) is 0 Å². The maximum atomic E-state index is 5.79. The molecule has 1 aliphatic rings. The van der Waals surface area contributed by atoms with Gasteiger partial charge in [-0.2, -0.15) is 0 Å². The van der Waals surface area contributed by atoms with E-state index in [2.05, 4.69) is 45.1 Å². The molecule has 1 saturated heterocycles. The Labute approximate surface area is 112 Å². The predicted octanol–water partition coefficient (Wildman–Crippen LogP) is 2.92. The molecule has 1 unspecified atom stereocenters. The first-order valence-corrected chi connectivity index (χ1v) is 7.40. The summed E-state index contributed by atoms with van der Waals surface area (Å²) in [6, 6.07) is 10.4. The minimum Gasteiger partial charge on any atom is -0.376 e. The number of alkyl halides is 1. The second-order valence-electron chi connectivity index (χ2n) is 4.65. The number of ether oxygens (including phenoxy) is 1. The molecule has 0 aliphatic carbocycles. The Kier molecular flexibility index (Phi) is 5.49. The Morgan fingerprint density at radius 2 is 2.12 bits per heavy atom. The fraction of sp³-hybridized carbons (Fsp3) is 0.571. The van der Waals surface area contributed by atoms with E-state index in [4.69, 9.17) is 4.74 Å². The van der Waals surface area contributed by atoms with Gasteiger partial charge in [0.25, 0.3) is 0 Å². The molecule has 0 bridgehead atoms. The zero-order chi connectivity index (χ0) is 11.9. The van der Waals surface area contributed by atoms with Crippen molar-refractivity contribution in [2.75, 3.05) is 31.6 Å². The van der Waals surface area contributed by atoms with Gasteiger partial charge in [-0.1, -0.05) is 46.3 Å². The molecule has 0 spiro atoms. The molecule has 0 N–H and O–H groups in total. The van der Waals surface area contributed by atoms with Gasteiger partial charge in [0.1, 0.15) is 0 Å². The Bertz CT molecular complexity index is 317. The van der Waals surface area contributed by atoms with Crippen LogP contribution in [-0.4, -0.2) is 36.5 Å². The zero-order valence-electron chi connectivity index (χ0n) is 10.1. The Hall–Kier alpha value is -0.380. The van der Waals surface area contributed by atoms with Crippen molar-refractivity contribution in [1.29, 1.82) is 0 Å². The highest BCUT2D eigenvalue weighted by Crippen LogP contribution is 2.17. The van der Waals surface area contributed by atoms with Gasteiger partial charge in [-0.3, -0.25) is 0 Å². The van der Waals surface area contributed by atoms with Crippen molar-refractivity contribution in [2.24, 2.45) is 5.92 Å². The molecular weight excluding hydrogens is 278 g/mol. The summed E-state index contributed by atoms with van der Waals surface area (Å²) < 4.78 is 5.79. The molecule has 2 nitrogen and oxygen atoms in total. The van der Waals surface area contributed by atoms with Crippen molar-refractivity contribution < 1.29 is 4.74 Å². The summed E-state index contributed by atoms with van der Waals surface area (Å²) in [5.41, 5.74) is 1.27. The first-order valence-electron chi connectivity index (χ1n) is 6.28. The van der Waals surface area contributed by atoms with E-state index in [-0.39, 0.29) is 0 Å². The van der Waals surface area contributed by atoms with E-state index in [0.29, 0.717) is 0 Å². The van der Waals surface area contributed by atoms with Crippen LogP contribution in [0.2, 0.25) is 0 Å². The topological polar surface area (TPSA) is 12.5 Å². The molecule has 0 aromatic heterocycles. The Morgan fingerprint density at radius 3 is 2.88 bits per heavy atom. The van der Waals surface area contributed by atoms with Crippen molar-refractivity contribution >= 4 is 15.9 Å². The van der Waals surface area contributed by atoms with E-state index in [1.807, 2.05) is 6.07 Å². The Morgan fingerprint density at radius 1 is 1.29 bits per heavy atom. The lowest BCUT2D eigenvalue weighted by Gasteiger charge is -2.14. The smallest absolute Gasteiger partial charge is 0.0717 e. The van der Waals surface area contributed by atoms with Crippen molar-refractivity contribution in [3.63, 3.8) is 0 Å². The second kappa shape index (κ2) is 7.14. The Balaban J connectivity index is 1.63. The predicted molar refractivity (Wildman–Crippen MR) is 74.4 cm³/mol. The van der Waals surface area contributed by atoms with Gasteiger partial charge in [0.15, 0.2) is 0 Å². The van der Waals surface area contributed by atoms with Gasteiger partial charge in [0.05, 0.1) is 13.2 Å². The van der Waals surface area contributed by atoms with E-state index in [9.17, 15) is 0 Å². The lowest BCUT2D eigenvalue weighted by molar-refractivity contribution is 0.0891. The highest BCUT2D eigenvalue weighted by Gasteiger charge is 2.21. The van der Waals surface area contributed by atoms with Crippen molar-refractivity contribution in [2.45, 2.75) is 13.0 Å². The number of hydrogen-bond acceptors (Lipinski definition) is 2. The van der Waals surface area contributed by atoms with Crippen LogP contribution in [0.25, 0.3) is 0 Å². The first kappa shape index (κ1) is 13.1. The van der Waals surface area contributed by atoms with Crippen LogP contribution in [0, 0.1) is 5.92 Å². The summed E-state index contributed by atoms with van der Waals surface area (Å²) >= 11 is 3.49. The van der Waals surface area contributed by atoms with Gasteiger partial charge in [0, 0.05) is 18.4 Å². The van der Waals surface area contributed by atoms with Crippen molar-refractivity contribution in [1.82, 2.24) is 4.90 Å². The van der Waals surface area contributed by atoms with Crippen LogP contribution in [0.4, 0.5) is 0 Å². The standard InChI is InChI=1S/C14H20BrNO/c15-7-9-16-8-6-14(10-16)12-17-11-13-4-2-1-3-5-13/h1-5,14H,6-12H2. The zero-order valence-corrected chi connectivity index (χ0v) is 11.7. The number of hydrogen-bond donors (Lipinski definition) is 0. The highest BCUT2D eigenvalue weighted by atomic mass is 79.9. The van der Waals surface area contributed by atoms with Crippen LogP contribution in [0.5, 0.6) is 0 Å². The average molecular weight is 298 g/mol. The van der Waals surface area contributed by atoms with E-state index >= 15 is 0 Å². The summed E-state index contributed by atoms with van der Waals surface area (Å²) in [6.07, 6.45) is 1.28. The lowest BCUT2D eigenvalue weighted by Crippen LogP contribution is -2.23. The molecule has 2 rings (SSSR count). The van der Waals surface area contributed by atoms with Crippen LogP contribution in [-0.2, 0) is 11.3 Å². The summed E-state index contributed by atoms with van der Waals surface area (Å²) in [5, 5.41) is 1.07. The third-order valence-corrected chi connectivity index (χ3v) is 3.59. The highest BCUT2D eigenvalue weighted by molar-refractivity contribution is 9.09. The van der Waals surface area contributed by atoms with E-state index in [0.717, 1.165) is 31.0 Å². The molecular formula is C14H20BrNO. The molecule has 0 radical (unpaired) electrons. The summed E-state index contributed by atoms with van der Waals surface area (Å²) in [5.74, 6) is 0.720. The summed E-state index contributed by atoms with van der Waals surface area (Å²) in [4.78, 5) is 2.51. The van der Waals surface area contributed by atoms with E-state index in [1.165, 1.54) is 25.1 Å². The largest absolute Gasteiger partial charge is 0.376 e. The average Bonchev–Trinajstić information content (AvgIpc) is 2.79. The molecule has 1 aromatic rings. The monoisotopic (exact) mass is 297 g/mol. The van der Waals surface area contributed by atoms with E-state index < -0.39 is 0 Å². The second-order valence-corrected chi connectivity index (χ2v) is 5.44. The van der Waals surface area contributed by atoms with Crippen molar-refractivity contribution in [3.05, 3.63) is 35.9 Å². The number of halogens is 1. The fourth-order valence-electron chi connectivity index (χ4n) is 2.29. The normalized spacial score (nSPS) is 20.9. The number of nitrogens with zero attached hydrogens (tertiary/aromatic N) is 1. The molecule has 1 heterocycles. The molecule has 3 heteroatoms. The quantitative estimate of drug-likeness (QED) is 0.749. The van der Waals surface area contributed by atoms with Gasteiger partial charge in [0.2, 0.25) is 0 Å². The van der Waals surface area contributed by atoms with Crippen LogP contribution in [0.3, 0.4) is 0 Å². The number of likely N-dealkylation sites (tertiary alicyclic amines) is 1. The number of benzene rings is 1. The minimum absolute atomic E-state index is 0.720. The van der Waals surface area contributed by atoms with Gasteiger partial charge in [-0.25, -0.2) is 0 Å². The molecule has 0 amide bonds. The van der Waals surface area contributed by atoms with Gasteiger partial charge in [-0.15, -0.1) is 0 Å². The lowest BCUT2D eigenvalue weighted by atomic mass is 10.1.